The molecule has 0 saturated carbocycles. The Labute approximate surface area is 191 Å². The molecule has 1 N–H and O–H groups in total. The van der Waals surface area contributed by atoms with E-state index in [9.17, 15) is 26.8 Å². The van der Waals surface area contributed by atoms with E-state index in [2.05, 4.69) is 15.0 Å². The van der Waals surface area contributed by atoms with Gasteiger partial charge in [-0.3, -0.25) is 14.2 Å². The highest BCUT2D eigenvalue weighted by Gasteiger charge is 2.29. The molecule has 33 heavy (non-hydrogen) atoms. The number of ether oxygens (including phenoxy) is 1. The number of alkyl halides is 2. The quantitative estimate of drug-likeness (QED) is 0.396. The highest BCUT2D eigenvalue weighted by Crippen LogP contribution is 2.23. The molecule has 1 fully saturated rings. The Morgan fingerprint density at radius 1 is 1.21 bits per heavy atom. The monoisotopic (exact) mass is 495 g/mol. The Kier molecular flexibility index (Phi) is 6.66. The summed E-state index contributed by atoms with van der Waals surface area (Å²) < 4.78 is 53.7. The lowest BCUT2D eigenvalue weighted by Gasteiger charge is -2.15. The van der Waals surface area contributed by atoms with Crippen LogP contribution in [0.2, 0.25) is 0 Å². The molecule has 12 heteroatoms. The minimum absolute atomic E-state index is 0.0438. The van der Waals surface area contributed by atoms with Gasteiger partial charge in [-0.15, -0.1) is 0 Å². The summed E-state index contributed by atoms with van der Waals surface area (Å²) in [7, 11) is -3.13. The number of sulfone groups is 1. The number of hydrogen-bond acceptors (Lipinski definition) is 7. The maximum Gasteiger partial charge on any atom is 0.387 e. The summed E-state index contributed by atoms with van der Waals surface area (Å²) in [6.07, 6.45) is 0.366. The lowest BCUT2D eigenvalue weighted by molar-refractivity contribution is -0.119. The summed E-state index contributed by atoms with van der Waals surface area (Å²) in [6, 6.07) is 11.8. The highest BCUT2D eigenvalue weighted by molar-refractivity contribution is 7.99. The van der Waals surface area contributed by atoms with Crippen molar-refractivity contribution in [3.05, 3.63) is 58.9 Å². The first kappa shape index (κ1) is 23.2. The number of fused-ring (bicyclic) bond motifs is 1. The standard InChI is InChI=1S/C21H19F2N3O5S2/c22-20(23)31-15-7-5-14(6-8-15)26-19(28)16-3-1-2-4-17(16)25-21(26)32-11-18(27)24-13-9-10-33(29,30)12-13/h1-8,13,20H,9-12H2,(H,24,27). The minimum Gasteiger partial charge on any atom is -0.435 e. The smallest absolute Gasteiger partial charge is 0.387 e. The molecular weight excluding hydrogens is 476 g/mol. The fraction of sp³-hybridized carbons (Fsp3) is 0.286. The van der Waals surface area contributed by atoms with Gasteiger partial charge < -0.3 is 10.1 Å². The van der Waals surface area contributed by atoms with E-state index in [0.717, 1.165) is 11.8 Å². The summed E-state index contributed by atoms with van der Waals surface area (Å²) >= 11 is 1.02. The van der Waals surface area contributed by atoms with Crippen LogP contribution >= 0.6 is 11.8 Å². The zero-order valence-corrected chi connectivity index (χ0v) is 18.7. The van der Waals surface area contributed by atoms with Gasteiger partial charge >= 0.3 is 6.61 Å². The number of aromatic nitrogens is 2. The van der Waals surface area contributed by atoms with Crippen molar-refractivity contribution in [2.75, 3.05) is 17.3 Å². The Balaban J connectivity index is 1.61. The van der Waals surface area contributed by atoms with Crippen molar-refractivity contribution in [2.45, 2.75) is 24.2 Å². The first-order chi connectivity index (χ1) is 15.7. The van der Waals surface area contributed by atoms with Crippen LogP contribution in [0.5, 0.6) is 5.75 Å². The molecule has 0 bridgehead atoms. The largest absolute Gasteiger partial charge is 0.435 e. The topological polar surface area (TPSA) is 107 Å². The zero-order chi connectivity index (χ0) is 23.6. The second-order valence-electron chi connectivity index (χ2n) is 7.38. The number of carbonyl (C=O) groups is 1. The summed E-state index contributed by atoms with van der Waals surface area (Å²) in [4.78, 5) is 30.1. The highest BCUT2D eigenvalue weighted by atomic mass is 32.2. The van der Waals surface area contributed by atoms with Gasteiger partial charge in [-0.25, -0.2) is 13.4 Å². The van der Waals surface area contributed by atoms with Crippen LogP contribution in [0.1, 0.15) is 6.42 Å². The Morgan fingerprint density at radius 2 is 1.94 bits per heavy atom. The maximum atomic E-state index is 13.2. The van der Waals surface area contributed by atoms with Gasteiger partial charge in [-0.2, -0.15) is 8.78 Å². The number of halogens is 2. The molecule has 1 aromatic heterocycles. The number of benzene rings is 2. The van der Waals surface area contributed by atoms with Crippen molar-refractivity contribution < 1.29 is 26.7 Å². The van der Waals surface area contributed by atoms with Crippen LogP contribution in [0.3, 0.4) is 0 Å². The van der Waals surface area contributed by atoms with E-state index in [1.807, 2.05) is 0 Å². The van der Waals surface area contributed by atoms with Gasteiger partial charge in [-0.05, 0) is 42.8 Å². The van der Waals surface area contributed by atoms with E-state index in [0.29, 0.717) is 23.0 Å². The third kappa shape index (κ3) is 5.50. The molecule has 0 radical (unpaired) electrons. The Morgan fingerprint density at radius 3 is 2.61 bits per heavy atom. The first-order valence-electron chi connectivity index (χ1n) is 9.91. The molecule has 174 valence electrons. The van der Waals surface area contributed by atoms with Crippen molar-refractivity contribution in [3.63, 3.8) is 0 Å². The Bertz CT molecular complexity index is 1340. The summed E-state index contributed by atoms with van der Waals surface area (Å²) in [5.74, 6) is -0.571. The second-order valence-corrected chi connectivity index (χ2v) is 10.6. The van der Waals surface area contributed by atoms with Gasteiger partial charge in [0.1, 0.15) is 5.75 Å². The molecule has 1 unspecified atom stereocenters. The number of thioether (sulfide) groups is 1. The maximum absolute atomic E-state index is 13.2. The molecule has 0 spiro atoms. The second kappa shape index (κ2) is 9.48. The van der Waals surface area contributed by atoms with Gasteiger partial charge in [-0.1, -0.05) is 23.9 Å². The van der Waals surface area contributed by atoms with Gasteiger partial charge in [0.15, 0.2) is 15.0 Å². The summed E-state index contributed by atoms with van der Waals surface area (Å²) in [6.45, 7) is -2.97. The fourth-order valence-corrected chi connectivity index (χ4v) is 6.02. The predicted octanol–water partition coefficient (Wildman–Crippen LogP) is 2.38. The van der Waals surface area contributed by atoms with Crippen LogP contribution in [-0.2, 0) is 14.6 Å². The van der Waals surface area contributed by atoms with Gasteiger partial charge in [0.2, 0.25) is 5.91 Å². The van der Waals surface area contributed by atoms with Crippen molar-refractivity contribution >= 4 is 38.4 Å². The van der Waals surface area contributed by atoms with E-state index < -0.39 is 22.5 Å². The lowest BCUT2D eigenvalue weighted by atomic mass is 10.2. The van der Waals surface area contributed by atoms with Crippen molar-refractivity contribution in [1.29, 1.82) is 0 Å². The van der Waals surface area contributed by atoms with Gasteiger partial charge in [0.05, 0.1) is 33.8 Å². The number of nitrogens with one attached hydrogen (secondary N) is 1. The molecule has 4 rings (SSSR count). The average molecular weight is 496 g/mol. The van der Waals surface area contributed by atoms with Crippen molar-refractivity contribution in [3.8, 4) is 11.4 Å². The van der Waals surface area contributed by atoms with E-state index in [4.69, 9.17) is 0 Å². The lowest BCUT2D eigenvalue weighted by Crippen LogP contribution is -2.36. The van der Waals surface area contributed by atoms with Crippen LogP contribution in [0.15, 0.2) is 58.5 Å². The van der Waals surface area contributed by atoms with Crippen LogP contribution in [0.4, 0.5) is 8.78 Å². The van der Waals surface area contributed by atoms with E-state index in [1.165, 1.54) is 28.8 Å². The number of nitrogens with zero attached hydrogens (tertiary/aromatic N) is 2. The van der Waals surface area contributed by atoms with Crippen molar-refractivity contribution in [1.82, 2.24) is 14.9 Å². The van der Waals surface area contributed by atoms with Gasteiger partial charge in [0, 0.05) is 6.04 Å². The molecule has 1 aliphatic heterocycles. The minimum atomic E-state index is -3.13. The molecule has 3 aromatic rings. The van der Waals surface area contributed by atoms with Crippen LogP contribution in [-0.4, -0.2) is 53.8 Å². The number of para-hydroxylation sites is 1. The van der Waals surface area contributed by atoms with Gasteiger partial charge in [0.25, 0.3) is 5.56 Å². The third-order valence-electron chi connectivity index (χ3n) is 4.99. The predicted molar refractivity (Wildman–Crippen MR) is 120 cm³/mol. The van der Waals surface area contributed by atoms with Crippen molar-refractivity contribution in [2.24, 2.45) is 0 Å². The number of rotatable bonds is 7. The van der Waals surface area contributed by atoms with E-state index in [-0.39, 0.29) is 39.6 Å². The number of carbonyl (C=O) groups excluding carboxylic acids is 1. The van der Waals surface area contributed by atoms with E-state index >= 15 is 0 Å². The fourth-order valence-electron chi connectivity index (χ4n) is 3.52. The molecule has 1 atom stereocenters. The van der Waals surface area contributed by atoms with Crippen LogP contribution in [0.25, 0.3) is 16.6 Å². The molecule has 8 nitrogen and oxygen atoms in total. The SMILES string of the molecule is O=C(CSc1nc2ccccc2c(=O)n1-c1ccc(OC(F)F)cc1)NC1CCS(=O)(=O)C1. The molecule has 1 amide bonds. The zero-order valence-electron chi connectivity index (χ0n) is 17.1. The summed E-state index contributed by atoms with van der Waals surface area (Å²) in [5.41, 5.74) is 0.429. The Hall–Kier alpha value is -2.99. The van der Waals surface area contributed by atoms with Crippen LogP contribution < -0.4 is 15.6 Å². The normalized spacial score (nSPS) is 17.4. The third-order valence-corrected chi connectivity index (χ3v) is 7.70. The molecular formula is C21H19F2N3O5S2. The first-order valence-corrected chi connectivity index (χ1v) is 12.7. The molecule has 2 heterocycles. The molecule has 1 aliphatic rings. The average Bonchev–Trinajstić information content (AvgIpc) is 3.11. The van der Waals surface area contributed by atoms with Crippen LogP contribution in [0, 0.1) is 0 Å². The molecule has 1 saturated heterocycles. The summed E-state index contributed by atoms with van der Waals surface area (Å²) in [5, 5.41) is 3.29. The number of amides is 1. The van der Waals surface area contributed by atoms with E-state index in [1.54, 1.807) is 24.3 Å². The molecule has 2 aromatic carbocycles. The number of hydrogen-bond donors (Lipinski definition) is 1. The molecule has 0 aliphatic carbocycles.